The number of fused-ring (bicyclic) bond motifs is 1. The van der Waals surface area contributed by atoms with Crippen LogP contribution in [-0.4, -0.2) is 42.5 Å². The van der Waals surface area contributed by atoms with Gasteiger partial charge in [0.15, 0.2) is 0 Å². The Hall–Kier alpha value is -3.92. The average molecular weight is 506 g/mol. The number of carbonyl (C=O) groups excluding carboxylic acids is 1. The molecule has 4 aromatic rings. The van der Waals surface area contributed by atoms with Crippen molar-refractivity contribution in [3.63, 3.8) is 0 Å². The minimum Gasteiger partial charge on any atom is -0.391 e. The summed E-state index contributed by atoms with van der Waals surface area (Å²) in [7, 11) is 0. The Labute approximate surface area is 210 Å². The molecule has 2 N–H and O–H groups in total. The maximum atomic E-state index is 15.2. The molecule has 0 saturated heterocycles. The third kappa shape index (κ3) is 4.42. The zero-order chi connectivity index (χ0) is 25.7. The van der Waals surface area contributed by atoms with Crippen LogP contribution in [0.3, 0.4) is 0 Å². The van der Waals surface area contributed by atoms with E-state index in [-0.39, 0.29) is 22.0 Å². The minimum atomic E-state index is -0.799. The predicted octanol–water partition coefficient (Wildman–Crippen LogP) is 3.56. The van der Waals surface area contributed by atoms with Gasteiger partial charge in [0.05, 0.1) is 47.4 Å². The molecule has 0 aliphatic heterocycles. The first kappa shape index (κ1) is 23.5. The van der Waals surface area contributed by atoms with Crippen LogP contribution in [0.25, 0.3) is 22.0 Å². The lowest BCUT2D eigenvalue weighted by Gasteiger charge is -2.18. The molecule has 2 atom stereocenters. The average Bonchev–Trinajstić information content (AvgIpc) is 3.48. The molecular weight excluding hydrogens is 480 g/mol. The number of amides is 1. The normalized spacial score (nSPS) is 19.4. The van der Waals surface area contributed by atoms with Crippen LogP contribution in [0.15, 0.2) is 53.8 Å². The standard InChI is InChI=1S/C27H25F2N5O3/c28-21-9-15(16-11-31-34(12-16)17-6-7-17)10-22(29)19(21)13-33-14-20(25-18(27(33)37)3-2-8-30-25)26(36)32-23-4-1-5-24(23)35/h2-3,8-12,14,17,23-24,35H,1,4-7,13H2,(H,32,36)/t23-,24-/m0/s1. The molecule has 2 saturated carbocycles. The summed E-state index contributed by atoms with van der Waals surface area (Å²) in [6.45, 7) is -0.407. The Bertz CT molecular complexity index is 1550. The summed E-state index contributed by atoms with van der Waals surface area (Å²) >= 11 is 0. The maximum absolute atomic E-state index is 15.2. The van der Waals surface area contributed by atoms with Gasteiger partial charge in [0, 0.05) is 29.7 Å². The van der Waals surface area contributed by atoms with E-state index in [1.165, 1.54) is 30.6 Å². The molecular formula is C27H25F2N5O3. The van der Waals surface area contributed by atoms with Gasteiger partial charge in [-0.25, -0.2) is 8.78 Å². The number of hydrogen-bond donors (Lipinski definition) is 2. The van der Waals surface area contributed by atoms with Crippen molar-refractivity contribution in [2.75, 3.05) is 0 Å². The van der Waals surface area contributed by atoms with Gasteiger partial charge in [-0.05, 0) is 61.9 Å². The second-order valence-corrected chi connectivity index (χ2v) is 9.81. The van der Waals surface area contributed by atoms with Crippen LogP contribution in [0, 0.1) is 11.6 Å². The van der Waals surface area contributed by atoms with E-state index in [9.17, 15) is 14.7 Å². The molecule has 0 unspecified atom stereocenters. The van der Waals surface area contributed by atoms with Crippen molar-refractivity contribution in [2.45, 2.75) is 56.8 Å². The van der Waals surface area contributed by atoms with Gasteiger partial charge in [0.2, 0.25) is 0 Å². The fraction of sp³-hybridized carbons (Fsp3) is 0.333. The van der Waals surface area contributed by atoms with Gasteiger partial charge < -0.3 is 15.0 Å². The molecule has 0 bridgehead atoms. The third-order valence-corrected chi connectivity index (χ3v) is 7.20. The molecule has 1 amide bonds. The van der Waals surface area contributed by atoms with Gasteiger partial charge in [0.25, 0.3) is 11.5 Å². The number of hydrogen-bond acceptors (Lipinski definition) is 5. The molecule has 3 heterocycles. The molecule has 10 heteroatoms. The second-order valence-electron chi connectivity index (χ2n) is 9.81. The highest BCUT2D eigenvalue weighted by molar-refractivity contribution is 6.05. The number of halogens is 2. The van der Waals surface area contributed by atoms with Crippen molar-refractivity contribution < 1.29 is 18.7 Å². The highest BCUT2D eigenvalue weighted by atomic mass is 19.1. The van der Waals surface area contributed by atoms with Gasteiger partial charge in [-0.3, -0.25) is 19.3 Å². The predicted molar refractivity (Wildman–Crippen MR) is 132 cm³/mol. The van der Waals surface area contributed by atoms with Crippen molar-refractivity contribution in [3.05, 3.63) is 82.2 Å². The summed E-state index contributed by atoms with van der Waals surface area (Å²) in [6.07, 6.45) is 9.57. The Morgan fingerprint density at radius 2 is 1.89 bits per heavy atom. The van der Waals surface area contributed by atoms with Gasteiger partial charge >= 0.3 is 0 Å². The highest BCUT2D eigenvalue weighted by Gasteiger charge is 2.28. The smallest absolute Gasteiger partial charge is 0.260 e. The van der Waals surface area contributed by atoms with Crippen LogP contribution < -0.4 is 10.9 Å². The van der Waals surface area contributed by atoms with Crippen molar-refractivity contribution in [1.29, 1.82) is 0 Å². The topological polar surface area (TPSA) is 102 Å². The van der Waals surface area contributed by atoms with Gasteiger partial charge in [-0.15, -0.1) is 0 Å². The molecule has 3 aromatic heterocycles. The lowest BCUT2D eigenvalue weighted by Crippen LogP contribution is -2.40. The minimum absolute atomic E-state index is 0.0965. The summed E-state index contributed by atoms with van der Waals surface area (Å²) in [5.41, 5.74) is 0.446. The van der Waals surface area contributed by atoms with E-state index < -0.39 is 41.8 Å². The molecule has 190 valence electrons. The van der Waals surface area contributed by atoms with Crippen LogP contribution in [0.4, 0.5) is 8.78 Å². The number of aliphatic hydroxyl groups is 1. The number of nitrogens with one attached hydrogen (secondary N) is 1. The first-order valence-corrected chi connectivity index (χ1v) is 12.4. The van der Waals surface area contributed by atoms with E-state index in [0.29, 0.717) is 30.0 Å². The third-order valence-electron chi connectivity index (χ3n) is 7.20. The van der Waals surface area contributed by atoms with Crippen LogP contribution in [0.1, 0.15) is 54.1 Å². The van der Waals surface area contributed by atoms with Crippen LogP contribution in [0.2, 0.25) is 0 Å². The zero-order valence-corrected chi connectivity index (χ0v) is 19.9. The number of nitrogens with zero attached hydrogens (tertiary/aromatic N) is 4. The summed E-state index contributed by atoms with van der Waals surface area (Å²) in [6, 6.07) is 5.49. The summed E-state index contributed by atoms with van der Waals surface area (Å²) in [5.74, 6) is -2.10. The van der Waals surface area contributed by atoms with E-state index in [2.05, 4.69) is 15.4 Å². The zero-order valence-electron chi connectivity index (χ0n) is 19.9. The monoisotopic (exact) mass is 505 g/mol. The largest absolute Gasteiger partial charge is 0.391 e. The molecule has 37 heavy (non-hydrogen) atoms. The first-order chi connectivity index (χ1) is 17.9. The Balaban J connectivity index is 1.35. The number of aromatic nitrogens is 4. The van der Waals surface area contributed by atoms with Crippen molar-refractivity contribution in [3.8, 4) is 11.1 Å². The number of aliphatic hydroxyl groups excluding tert-OH is 1. The number of pyridine rings is 2. The molecule has 1 aromatic carbocycles. The van der Waals surface area contributed by atoms with Crippen LogP contribution in [0.5, 0.6) is 0 Å². The van der Waals surface area contributed by atoms with E-state index >= 15 is 8.78 Å². The molecule has 2 aliphatic rings. The summed E-state index contributed by atoms with van der Waals surface area (Å²) < 4.78 is 33.3. The summed E-state index contributed by atoms with van der Waals surface area (Å²) in [4.78, 5) is 30.5. The van der Waals surface area contributed by atoms with E-state index in [4.69, 9.17) is 0 Å². The summed E-state index contributed by atoms with van der Waals surface area (Å²) in [5, 5.41) is 17.4. The lowest BCUT2D eigenvalue weighted by molar-refractivity contribution is 0.0874. The fourth-order valence-corrected chi connectivity index (χ4v) is 4.98. The Kier molecular flexibility index (Phi) is 5.83. The van der Waals surface area contributed by atoms with Gasteiger partial charge in [-0.1, -0.05) is 0 Å². The number of carbonyl (C=O) groups is 1. The maximum Gasteiger partial charge on any atom is 0.260 e. The Morgan fingerprint density at radius 3 is 2.59 bits per heavy atom. The van der Waals surface area contributed by atoms with Crippen molar-refractivity contribution >= 4 is 16.8 Å². The quantitative estimate of drug-likeness (QED) is 0.417. The first-order valence-electron chi connectivity index (χ1n) is 12.4. The molecule has 6 rings (SSSR count). The molecule has 2 aliphatic carbocycles. The molecule has 0 radical (unpaired) electrons. The van der Waals surface area contributed by atoms with Crippen molar-refractivity contribution in [2.24, 2.45) is 0 Å². The number of rotatable bonds is 6. The highest BCUT2D eigenvalue weighted by Crippen LogP contribution is 2.35. The van der Waals surface area contributed by atoms with Gasteiger partial charge in [0.1, 0.15) is 11.6 Å². The van der Waals surface area contributed by atoms with Crippen molar-refractivity contribution in [1.82, 2.24) is 24.6 Å². The number of benzene rings is 1. The van der Waals surface area contributed by atoms with E-state index in [0.717, 1.165) is 23.8 Å². The molecule has 8 nitrogen and oxygen atoms in total. The van der Waals surface area contributed by atoms with E-state index in [1.807, 2.05) is 0 Å². The second kappa shape index (κ2) is 9.19. The van der Waals surface area contributed by atoms with E-state index in [1.54, 1.807) is 23.1 Å². The SMILES string of the molecule is O=C(N[C@H]1CCC[C@@H]1O)c1cn(Cc2c(F)cc(-c3cnn(C4CC4)c3)cc2F)c(=O)c2cccnc12. The van der Waals surface area contributed by atoms with Gasteiger partial charge in [-0.2, -0.15) is 5.10 Å². The molecule has 0 spiro atoms. The molecule has 2 fully saturated rings. The Morgan fingerprint density at radius 1 is 1.11 bits per heavy atom. The fourth-order valence-electron chi connectivity index (χ4n) is 4.98. The van der Waals surface area contributed by atoms with Crippen LogP contribution in [-0.2, 0) is 6.54 Å². The lowest BCUT2D eigenvalue weighted by atomic mass is 10.1. The van der Waals surface area contributed by atoms with Crippen LogP contribution >= 0.6 is 0 Å².